The fourth-order valence-corrected chi connectivity index (χ4v) is 2.38. The highest BCUT2D eigenvalue weighted by atomic mass is 16.5. The molecular formula is C18H30N6O3. The van der Waals surface area contributed by atoms with E-state index in [9.17, 15) is 4.79 Å². The predicted molar refractivity (Wildman–Crippen MR) is 110 cm³/mol. The van der Waals surface area contributed by atoms with Gasteiger partial charge in [-0.15, -0.1) is 0 Å². The highest BCUT2D eigenvalue weighted by Gasteiger charge is 2.16. The van der Waals surface area contributed by atoms with Crippen molar-refractivity contribution in [3.05, 3.63) is 24.8 Å². The Hall–Kier alpha value is -2.78. The molecule has 0 aliphatic rings. The molecule has 1 aromatic carbocycles. The molecule has 9 heteroatoms. The standard InChI is InChI=1S/C18H30N6O3/c1-6-17(25)21-13-11-14(22-18(19)20)16(27-5)12-15(13)24(3)8-7-23(2)9-10-26-4/h6,11-12H,1,7-10H2,2-5H3,(H,21,25)(H4,19,20,22). The number of amides is 1. The number of methoxy groups -OCH3 is 2. The van der Waals surface area contributed by atoms with Gasteiger partial charge in [0, 0.05) is 39.9 Å². The second kappa shape index (κ2) is 11.0. The number of likely N-dealkylation sites (N-methyl/N-ethyl adjacent to an activating group) is 2. The van der Waals surface area contributed by atoms with E-state index in [1.807, 2.05) is 19.0 Å². The predicted octanol–water partition coefficient (Wildman–Crippen LogP) is 1.14. The highest BCUT2D eigenvalue weighted by Crippen LogP contribution is 2.36. The Morgan fingerprint density at radius 2 is 1.93 bits per heavy atom. The van der Waals surface area contributed by atoms with Crippen LogP contribution in [-0.2, 0) is 9.53 Å². The van der Waals surface area contributed by atoms with Crippen molar-refractivity contribution in [2.75, 3.05) is 70.1 Å². The van der Waals surface area contributed by atoms with Crippen molar-refractivity contribution in [3.63, 3.8) is 0 Å². The maximum absolute atomic E-state index is 11.8. The van der Waals surface area contributed by atoms with E-state index in [0.29, 0.717) is 23.7 Å². The second-order valence-corrected chi connectivity index (χ2v) is 6.02. The molecule has 1 rings (SSSR count). The molecule has 0 fully saturated rings. The molecule has 150 valence electrons. The van der Waals surface area contributed by atoms with Gasteiger partial charge in [0.25, 0.3) is 0 Å². The molecule has 0 aliphatic carbocycles. The third-order valence-corrected chi connectivity index (χ3v) is 3.94. The van der Waals surface area contributed by atoms with Gasteiger partial charge in [0.05, 0.1) is 30.8 Å². The smallest absolute Gasteiger partial charge is 0.247 e. The summed E-state index contributed by atoms with van der Waals surface area (Å²) < 4.78 is 10.5. The Kier molecular flexibility index (Phi) is 9.11. The molecule has 0 saturated carbocycles. The minimum absolute atomic E-state index is 0.227. The molecule has 1 amide bonds. The van der Waals surface area contributed by atoms with Crippen LogP contribution in [0.3, 0.4) is 0 Å². The number of guanidine groups is 1. The van der Waals surface area contributed by atoms with Crippen LogP contribution in [0.25, 0.3) is 0 Å². The monoisotopic (exact) mass is 378 g/mol. The van der Waals surface area contributed by atoms with Crippen molar-refractivity contribution in [3.8, 4) is 5.75 Å². The Labute approximate surface area is 160 Å². The van der Waals surface area contributed by atoms with E-state index in [4.69, 9.17) is 20.6 Å². The summed E-state index contributed by atoms with van der Waals surface area (Å²) in [6.07, 6.45) is 1.20. The molecule has 0 saturated heterocycles. The van der Waals surface area contributed by atoms with E-state index in [1.54, 1.807) is 19.2 Å². The van der Waals surface area contributed by atoms with Gasteiger partial charge in [-0.3, -0.25) is 10.2 Å². The Morgan fingerprint density at radius 1 is 1.22 bits per heavy atom. The van der Waals surface area contributed by atoms with Crippen molar-refractivity contribution in [1.29, 1.82) is 5.41 Å². The van der Waals surface area contributed by atoms with E-state index in [2.05, 4.69) is 22.1 Å². The fourth-order valence-electron chi connectivity index (χ4n) is 2.38. The van der Waals surface area contributed by atoms with E-state index in [0.717, 1.165) is 25.3 Å². The van der Waals surface area contributed by atoms with Crippen LogP contribution >= 0.6 is 0 Å². The van der Waals surface area contributed by atoms with E-state index in [1.165, 1.54) is 13.2 Å². The third-order valence-electron chi connectivity index (χ3n) is 3.94. The van der Waals surface area contributed by atoms with Gasteiger partial charge in [-0.05, 0) is 19.2 Å². The van der Waals surface area contributed by atoms with Crippen molar-refractivity contribution >= 4 is 28.9 Å². The minimum Gasteiger partial charge on any atom is -0.494 e. The van der Waals surface area contributed by atoms with Gasteiger partial charge < -0.3 is 35.6 Å². The van der Waals surface area contributed by atoms with Gasteiger partial charge in [-0.1, -0.05) is 6.58 Å². The average Bonchev–Trinajstić information content (AvgIpc) is 2.63. The van der Waals surface area contributed by atoms with Gasteiger partial charge >= 0.3 is 0 Å². The number of carbonyl (C=O) groups excluding carboxylic acids is 1. The summed E-state index contributed by atoms with van der Waals surface area (Å²) in [4.78, 5) is 16.0. The number of nitrogens with two attached hydrogens (primary N) is 1. The zero-order chi connectivity index (χ0) is 20.4. The van der Waals surface area contributed by atoms with E-state index >= 15 is 0 Å². The van der Waals surface area contributed by atoms with E-state index in [-0.39, 0.29) is 11.9 Å². The summed E-state index contributed by atoms with van der Waals surface area (Å²) in [5, 5.41) is 12.9. The van der Waals surface area contributed by atoms with Gasteiger partial charge in [0.2, 0.25) is 5.91 Å². The first-order valence-electron chi connectivity index (χ1n) is 8.47. The van der Waals surface area contributed by atoms with Crippen LogP contribution in [0.4, 0.5) is 17.1 Å². The molecule has 0 aliphatic heterocycles. The van der Waals surface area contributed by atoms with Crippen LogP contribution in [-0.4, -0.2) is 71.3 Å². The molecule has 0 heterocycles. The lowest BCUT2D eigenvalue weighted by Gasteiger charge is -2.26. The van der Waals surface area contributed by atoms with E-state index < -0.39 is 0 Å². The summed E-state index contributed by atoms with van der Waals surface area (Å²) >= 11 is 0. The third kappa shape index (κ3) is 7.16. The first kappa shape index (κ1) is 22.3. The Balaban J connectivity index is 3.11. The molecule has 0 bridgehead atoms. The number of carbonyl (C=O) groups is 1. The van der Waals surface area contributed by atoms with Crippen molar-refractivity contribution < 1.29 is 14.3 Å². The maximum atomic E-state index is 11.8. The Morgan fingerprint density at radius 3 is 2.48 bits per heavy atom. The number of benzene rings is 1. The SMILES string of the molecule is C=CC(=O)Nc1cc(NC(=N)N)c(OC)cc1N(C)CCN(C)CCOC. The highest BCUT2D eigenvalue weighted by molar-refractivity contribution is 6.03. The lowest BCUT2D eigenvalue weighted by Crippen LogP contribution is -2.33. The molecular weight excluding hydrogens is 348 g/mol. The largest absolute Gasteiger partial charge is 0.494 e. The van der Waals surface area contributed by atoms with Crippen molar-refractivity contribution in [2.45, 2.75) is 0 Å². The number of hydrogen-bond acceptors (Lipinski definition) is 6. The number of anilines is 3. The minimum atomic E-state index is -0.333. The van der Waals surface area contributed by atoms with Crippen molar-refractivity contribution in [1.82, 2.24) is 4.90 Å². The van der Waals surface area contributed by atoms with Gasteiger partial charge in [0.15, 0.2) is 5.96 Å². The first-order valence-corrected chi connectivity index (χ1v) is 8.47. The van der Waals surface area contributed by atoms with Crippen LogP contribution in [0.1, 0.15) is 0 Å². The van der Waals surface area contributed by atoms with Gasteiger partial charge in [0.1, 0.15) is 5.75 Å². The normalized spacial score (nSPS) is 10.4. The molecule has 27 heavy (non-hydrogen) atoms. The molecule has 1 aromatic rings. The summed E-state index contributed by atoms with van der Waals surface area (Å²) in [5.41, 5.74) is 7.25. The number of ether oxygens (including phenoxy) is 2. The molecule has 9 nitrogen and oxygen atoms in total. The molecule has 0 aromatic heterocycles. The second-order valence-electron chi connectivity index (χ2n) is 6.02. The number of rotatable bonds is 11. The lowest BCUT2D eigenvalue weighted by molar-refractivity contribution is -0.111. The first-order chi connectivity index (χ1) is 12.8. The van der Waals surface area contributed by atoms with Crippen LogP contribution in [0.2, 0.25) is 0 Å². The van der Waals surface area contributed by atoms with Crippen LogP contribution in [0.15, 0.2) is 24.8 Å². The summed E-state index contributed by atoms with van der Waals surface area (Å²) in [6.45, 7) is 6.51. The topological polar surface area (TPSA) is 116 Å². The van der Waals surface area contributed by atoms with Crippen LogP contribution < -0.4 is 26.0 Å². The summed E-state index contributed by atoms with van der Waals surface area (Å²) in [5.74, 6) is -0.0487. The summed E-state index contributed by atoms with van der Waals surface area (Å²) in [7, 11) is 7.16. The quantitative estimate of drug-likeness (QED) is 0.259. The number of hydrogen-bond donors (Lipinski definition) is 4. The van der Waals surface area contributed by atoms with Crippen LogP contribution in [0.5, 0.6) is 5.75 Å². The molecule has 0 radical (unpaired) electrons. The zero-order valence-electron chi connectivity index (χ0n) is 16.5. The summed E-state index contributed by atoms with van der Waals surface area (Å²) in [6, 6.07) is 3.47. The molecule has 5 N–H and O–H groups in total. The lowest BCUT2D eigenvalue weighted by atomic mass is 10.2. The number of nitrogens with zero attached hydrogens (tertiary/aromatic N) is 2. The number of nitrogens with one attached hydrogen (secondary N) is 3. The molecule has 0 spiro atoms. The molecule has 0 unspecified atom stereocenters. The van der Waals surface area contributed by atoms with Crippen molar-refractivity contribution in [2.24, 2.45) is 5.73 Å². The van der Waals surface area contributed by atoms with Gasteiger partial charge in [-0.2, -0.15) is 0 Å². The molecule has 0 atom stereocenters. The maximum Gasteiger partial charge on any atom is 0.247 e. The average molecular weight is 378 g/mol. The fraction of sp³-hybridized carbons (Fsp3) is 0.444. The van der Waals surface area contributed by atoms with Gasteiger partial charge in [-0.25, -0.2) is 0 Å². The van der Waals surface area contributed by atoms with Crippen LogP contribution in [0, 0.1) is 5.41 Å². The Bertz CT molecular complexity index is 665. The zero-order valence-corrected chi connectivity index (χ0v) is 16.5.